The van der Waals surface area contributed by atoms with Crippen molar-refractivity contribution in [2.45, 2.75) is 39.2 Å². The van der Waals surface area contributed by atoms with Crippen LogP contribution in [0.4, 0.5) is 0 Å². The van der Waals surface area contributed by atoms with E-state index in [0.717, 1.165) is 6.42 Å². The molecule has 0 bridgehead atoms. The minimum absolute atomic E-state index is 0.115. The molecule has 1 aliphatic rings. The predicted molar refractivity (Wildman–Crippen MR) is 62.8 cm³/mol. The van der Waals surface area contributed by atoms with Gasteiger partial charge in [0, 0.05) is 13.0 Å². The Morgan fingerprint density at radius 2 is 2.00 bits per heavy atom. The van der Waals surface area contributed by atoms with Gasteiger partial charge >= 0.3 is 11.9 Å². The molecule has 1 rings (SSSR count). The quantitative estimate of drug-likeness (QED) is 0.747. The minimum atomic E-state index is -1.12. The highest BCUT2D eigenvalue weighted by atomic mass is 16.5. The number of carbonyl (C=O) groups excluding carboxylic acids is 2. The number of hydrogen-bond acceptors (Lipinski definition) is 4. The van der Waals surface area contributed by atoms with Crippen LogP contribution in [-0.2, 0) is 19.1 Å². The average Bonchev–Trinajstić information content (AvgIpc) is 2.76. The van der Waals surface area contributed by atoms with Gasteiger partial charge in [0.1, 0.15) is 6.04 Å². The zero-order chi connectivity index (χ0) is 13.9. The van der Waals surface area contributed by atoms with Gasteiger partial charge in [0.05, 0.1) is 12.5 Å². The average molecular weight is 257 g/mol. The van der Waals surface area contributed by atoms with Crippen LogP contribution >= 0.6 is 0 Å². The van der Waals surface area contributed by atoms with Crippen molar-refractivity contribution in [1.82, 2.24) is 4.90 Å². The number of aliphatic carboxylic acids is 1. The Bertz CT molecular complexity index is 363. The van der Waals surface area contributed by atoms with Crippen molar-refractivity contribution < 1.29 is 24.2 Å². The molecule has 102 valence electrons. The number of hydrogen-bond donors (Lipinski definition) is 1. The number of rotatable bonds is 4. The molecule has 1 atom stereocenters. The summed E-state index contributed by atoms with van der Waals surface area (Å²) in [5, 5.41) is 8.99. The van der Waals surface area contributed by atoms with E-state index in [-0.39, 0.29) is 12.3 Å². The Morgan fingerprint density at radius 3 is 2.50 bits per heavy atom. The normalized spacial score (nSPS) is 19.7. The van der Waals surface area contributed by atoms with Crippen LogP contribution in [-0.4, -0.2) is 47.5 Å². The van der Waals surface area contributed by atoms with Crippen molar-refractivity contribution in [3.05, 3.63) is 0 Å². The number of carboxylic acids is 1. The van der Waals surface area contributed by atoms with Crippen LogP contribution in [0.5, 0.6) is 0 Å². The maximum atomic E-state index is 12.1. The van der Waals surface area contributed by atoms with E-state index in [4.69, 9.17) is 5.11 Å². The molecule has 1 N–H and O–H groups in total. The Morgan fingerprint density at radius 1 is 1.39 bits per heavy atom. The molecule has 0 aliphatic carbocycles. The summed E-state index contributed by atoms with van der Waals surface area (Å²) >= 11 is 0. The topological polar surface area (TPSA) is 83.9 Å². The molecule has 1 heterocycles. The van der Waals surface area contributed by atoms with E-state index in [1.54, 1.807) is 0 Å². The van der Waals surface area contributed by atoms with Gasteiger partial charge in [-0.2, -0.15) is 0 Å². The van der Waals surface area contributed by atoms with Crippen LogP contribution in [0.3, 0.4) is 0 Å². The summed E-state index contributed by atoms with van der Waals surface area (Å²) < 4.78 is 4.64. The molecule has 1 fully saturated rings. The number of carbonyl (C=O) groups is 3. The Balaban J connectivity index is 2.72. The summed E-state index contributed by atoms with van der Waals surface area (Å²) in [5.41, 5.74) is -1.12. The van der Waals surface area contributed by atoms with Gasteiger partial charge < -0.3 is 14.7 Å². The maximum Gasteiger partial charge on any atom is 0.328 e. The first-order valence-electron chi connectivity index (χ1n) is 5.90. The van der Waals surface area contributed by atoms with Gasteiger partial charge in [0.2, 0.25) is 5.91 Å². The molecule has 6 heteroatoms. The summed E-state index contributed by atoms with van der Waals surface area (Å²) in [5.74, 6) is -1.77. The molecular formula is C12H19NO5. The lowest BCUT2D eigenvalue weighted by Gasteiger charge is -2.26. The molecule has 6 nitrogen and oxygen atoms in total. The number of likely N-dealkylation sites (tertiary alicyclic amines) is 1. The van der Waals surface area contributed by atoms with Crippen LogP contribution in [0.2, 0.25) is 0 Å². The fourth-order valence-corrected chi connectivity index (χ4v) is 2.00. The lowest BCUT2D eigenvalue weighted by Crippen LogP contribution is -2.43. The fourth-order valence-electron chi connectivity index (χ4n) is 2.00. The molecule has 1 saturated heterocycles. The number of ether oxygens (including phenoxy) is 1. The van der Waals surface area contributed by atoms with Gasteiger partial charge in [-0.25, -0.2) is 4.79 Å². The smallest absolute Gasteiger partial charge is 0.328 e. The summed E-state index contributed by atoms with van der Waals surface area (Å²) in [6.45, 7) is 3.47. The van der Waals surface area contributed by atoms with E-state index in [9.17, 15) is 14.4 Å². The highest BCUT2D eigenvalue weighted by Crippen LogP contribution is 2.26. The zero-order valence-electron chi connectivity index (χ0n) is 10.9. The van der Waals surface area contributed by atoms with E-state index < -0.39 is 23.4 Å². The van der Waals surface area contributed by atoms with Crippen LogP contribution in [0.25, 0.3) is 0 Å². The van der Waals surface area contributed by atoms with Gasteiger partial charge in [0.25, 0.3) is 0 Å². The van der Waals surface area contributed by atoms with E-state index >= 15 is 0 Å². The number of nitrogens with zero attached hydrogens (tertiary/aromatic N) is 1. The first kappa shape index (κ1) is 14.5. The van der Waals surface area contributed by atoms with E-state index in [1.165, 1.54) is 25.9 Å². The second-order valence-corrected chi connectivity index (χ2v) is 5.13. The summed E-state index contributed by atoms with van der Waals surface area (Å²) in [4.78, 5) is 36.0. The molecule has 1 unspecified atom stereocenters. The molecule has 1 amide bonds. The largest absolute Gasteiger partial charge is 0.481 e. The second-order valence-electron chi connectivity index (χ2n) is 5.13. The van der Waals surface area contributed by atoms with Crippen molar-refractivity contribution in [1.29, 1.82) is 0 Å². The van der Waals surface area contributed by atoms with Gasteiger partial charge in [-0.1, -0.05) is 0 Å². The van der Waals surface area contributed by atoms with Crippen LogP contribution < -0.4 is 0 Å². The third-order valence-electron chi connectivity index (χ3n) is 3.22. The second kappa shape index (κ2) is 5.37. The van der Waals surface area contributed by atoms with Crippen molar-refractivity contribution in [2.75, 3.05) is 13.7 Å². The third kappa shape index (κ3) is 3.00. The molecule has 18 heavy (non-hydrogen) atoms. The van der Waals surface area contributed by atoms with Crippen molar-refractivity contribution in [3.63, 3.8) is 0 Å². The van der Waals surface area contributed by atoms with Gasteiger partial charge in [-0.15, -0.1) is 0 Å². The lowest BCUT2D eigenvalue weighted by molar-refractivity contribution is -0.155. The summed E-state index contributed by atoms with van der Waals surface area (Å²) in [7, 11) is 1.28. The number of carboxylic acid groups (broad SMARTS) is 1. The van der Waals surface area contributed by atoms with Crippen LogP contribution in [0.15, 0.2) is 0 Å². The van der Waals surface area contributed by atoms with Crippen LogP contribution in [0.1, 0.15) is 33.1 Å². The van der Waals surface area contributed by atoms with Crippen molar-refractivity contribution in [3.8, 4) is 0 Å². The number of esters is 1. The molecule has 0 aromatic carbocycles. The van der Waals surface area contributed by atoms with E-state index in [2.05, 4.69) is 4.74 Å². The molecule has 1 aliphatic heterocycles. The predicted octanol–water partition coefficient (Wildman–Crippen LogP) is 0.651. The zero-order valence-corrected chi connectivity index (χ0v) is 10.9. The molecule has 0 aromatic rings. The summed E-state index contributed by atoms with van der Waals surface area (Å²) in [6.07, 6.45) is 1.20. The number of amides is 1. The highest BCUT2D eigenvalue weighted by Gasteiger charge is 2.38. The first-order valence-corrected chi connectivity index (χ1v) is 5.90. The SMILES string of the molecule is COC(=O)C1CCCN1C(=O)CC(C)(C)C(=O)O. The Hall–Kier alpha value is -1.59. The standard InChI is InChI=1S/C12H19NO5/c1-12(2,11(16)17)7-9(14)13-6-4-5-8(13)10(15)18-3/h8H,4-7H2,1-3H3,(H,16,17). The van der Waals surface area contributed by atoms with Gasteiger partial charge in [-0.05, 0) is 26.7 Å². The Labute approximate surface area is 106 Å². The molecule has 0 aromatic heterocycles. The van der Waals surface area contributed by atoms with Gasteiger partial charge in [-0.3, -0.25) is 9.59 Å². The highest BCUT2D eigenvalue weighted by molar-refractivity contribution is 5.88. The van der Waals surface area contributed by atoms with E-state index in [0.29, 0.717) is 13.0 Å². The fraction of sp³-hybridized carbons (Fsp3) is 0.750. The lowest BCUT2D eigenvalue weighted by atomic mass is 9.89. The van der Waals surface area contributed by atoms with Crippen molar-refractivity contribution in [2.24, 2.45) is 5.41 Å². The molecule has 0 spiro atoms. The monoisotopic (exact) mass is 257 g/mol. The minimum Gasteiger partial charge on any atom is -0.481 e. The third-order valence-corrected chi connectivity index (χ3v) is 3.22. The first-order chi connectivity index (χ1) is 8.29. The Kier molecular flexibility index (Phi) is 4.32. The maximum absolute atomic E-state index is 12.1. The van der Waals surface area contributed by atoms with Gasteiger partial charge in [0.15, 0.2) is 0 Å². The summed E-state index contributed by atoms with van der Waals surface area (Å²) in [6, 6.07) is -0.563. The molecular weight excluding hydrogens is 238 g/mol. The van der Waals surface area contributed by atoms with Crippen molar-refractivity contribution >= 4 is 17.8 Å². The molecule has 0 saturated carbocycles. The van der Waals surface area contributed by atoms with Crippen LogP contribution in [0, 0.1) is 5.41 Å². The van der Waals surface area contributed by atoms with E-state index in [1.807, 2.05) is 0 Å². The number of methoxy groups -OCH3 is 1. The molecule has 0 radical (unpaired) electrons.